The summed E-state index contributed by atoms with van der Waals surface area (Å²) in [7, 11) is 3.20. The van der Waals surface area contributed by atoms with Gasteiger partial charge < -0.3 is 28.7 Å². The van der Waals surface area contributed by atoms with Crippen LogP contribution in [0.5, 0.6) is 17.2 Å². The van der Waals surface area contributed by atoms with Crippen LogP contribution in [0.15, 0.2) is 42.5 Å². The Morgan fingerprint density at radius 1 is 1.18 bits per heavy atom. The van der Waals surface area contributed by atoms with Gasteiger partial charge in [-0.1, -0.05) is 18.2 Å². The Bertz CT molecular complexity index is 1030. The molecule has 0 N–H and O–H groups in total. The summed E-state index contributed by atoms with van der Waals surface area (Å²) in [5.74, 6) is 1.72. The Kier molecular flexibility index (Phi) is 7.57. The fourth-order valence-electron chi connectivity index (χ4n) is 4.77. The number of carbonyl (C=O) groups excluding carboxylic acids is 2. The molecule has 2 aromatic carbocycles. The van der Waals surface area contributed by atoms with E-state index in [1.807, 2.05) is 41.0 Å². The van der Waals surface area contributed by atoms with E-state index in [4.69, 9.17) is 18.9 Å². The molecule has 1 fully saturated rings. The van der Waals surface area contributed by atoms with Crippen molar-refractivity contribution in [2.75, 3.05) is 53.7 Å². The fourth-order valence-corrected chi connectivity index (χ4v) is 4.77. The van der Waals surface area contributed by atoms with Gasteiger partial charge in [0.05, 0.1) is 33.0 Å². The van der Waals surface area contributed by atoms with Crippen molar-refractivity contribution in [2.45, 2.75) is 19.4 Å². The second-order valence-corrected chi connectivity index (χ2v) is 8.44. The van der Waals surface area contributed by atoms with Crippen LogP contribution in [-0.2, 0) is 9.53 Å². The summed E-state index contributed by atoms with van der Waals surface area (Å²) in [6.45, 7) is 4.57. The van der Waals surface area contributed by atoms with Crippen molar-refractivity contribution in [3.05, 3.63) is 53.6 Å². The van der Waals surface area contributed by atoms with E-state index >= 15 is 0 Å². The number of amides is 2. The first-order chi connectivity index (χ1) is 16.6. The van der Waals surface area contributed by atoms with Crippen LogP contribution < -0.4 is 14.2 Å². The molecular formula is C26H32N2O6. The first kappa shape index (κ1) is 23.9. The van der Waals surface area contributed by atoms with Gasteiger partial charge in [-0.15, -0.1) is 0 Å². The molecule has 0 spiro atoms. The van der Waals surface area contributed by atoms with E-state index < -0.39 is 0 Å². The highest BCUT2D eigenvalue weighted by Crippen LogP contribution is 2.45. The number of fused-ring (bicyclic) bond motifs is 3. The van der Waals surface area contributed by atoms with E-state index in [1.165, 1.54) is 0 Å². The third-order valence-corrected chi connectivity index (χ3v) is 6.37. The number of carbonyl (C=O) groups is 2. The monoisotopic (exact) mass is 468 g/mol. The number of hydrogen-bond donors (Lipinski definition) is 0. The molecule has 0 unspecified atom stereocenters. The molecule has 182 valence electrons. The van der Waals surface area contributed by atoms with E-state index in [0.717, 1.165) is 5.56 Å². The van der Waals surface area contributed by atoms with Crippen LogP contribution >= 0.6 is 0 Å². The van der Waals surface area contributed by atoms with Crippen LogP contribution in [0.4, 0.5) is 0 Å². The topological polar surface area (TPSA) is 77.5 Å². The lowest BCUT2D eigenvalue weighted by Gasteiger charge is -2.44. The van der Waals surface area contributed by atoms with Crippen LogP contribution in [0.2, 0.25) is 0 Å². The molecule has 2 amide bonds. The molecule has 2 aromatic rings. The minimum Gasteiger partial charge on any atom is -0.497 e. The summed E-state index contributed by atoms with van der Waals surface area (Å²) in [5, 5.41) is 0. The predicted molar refractivity (Wildman–Crippen MR) is 126 cm³/mol. The predicted octanol–water partition coefficient (Wildman–Crippen LogP) is 3.16. The highest BCUT2D eigenvalue weighted by molar-refractivity contribution is 5.95. The Labute approximate surface area is 200 Å². The number of methoxy groups -OCH3 is 2. The Hall–Kier alpha value is -3.26. The normalized spacial score (nSPS) is 19.9. The van der Waals surface area contributed by atoms with Crippen LogP contribution in [0.25, 0.3) is 0 Å². The number of nitrogens with zero attached hydrogens (tertiary/aromatic N) is 2. The largest absolute Gasteiger partial charge is 0.497 e. The molecule has 0 aromatic heterocycles. The van der Waals surface area contributed by atoms with Crippen LogP contribution in [0.3, 0.4) is 0 Å². The average Bonchev–Trinajstić information content (AvgIpc) is 2.86. The van der Waals surface area contributed by atoms with E-state index in [1.54, 1.807) is 32.4 Å². The van der Waals surface area contributed by atoms with Gasteiger partial charge in [0.1, 0.15) is 5.75 Å². The Balaban J connectivity index is 1.76. The number of para-hydroxylation sites is 1. The molecule has 0 radical (unpaired) electrons. The summed E-state index contributed by atoms with van der Waals surface area (Å²) in [6, 6.07) is 12.7. The molecule has 0 aliphatic carbocycles. The van der Waals surface area contributed by atoms with E-state index in [0.29, 0.717) is 62.3 Å². The first-order valence-electron chi connectivity index (χ1n) is 11.7. The molecule has 0 saturated carbocycles. The van der Waals surface area contributed by atoms with Crippen molar-refractivity contribution >= 4 is 11.8 Å². The summed E-state index contributed by atoms with van der Waals surface area (Å²) in [5.41, 5.74) is 1.43. The lowest BCUT2D eigenvalue weighted by molar-refractivity contribution is -0.135. The van der Waals surface area contributed by atoms with Gasteiger partial charge in [-0.05, 0) is 31.2 Å². The van der Waals surface area contributed by atoms with Crippen molar-refractivity contribution in [3.63, 3.8) is 0 Å². The second-order valence-electron chi connectivity index (χ2n) is 8.44. The molecule has 2 aliphatic rings. The van der Waals surface area contributed by atoms with Gasteiger partial charge in [-0.25, -0.2) is 0 Å². The average molecular weight is 469 g/mol. The van der Waals surface area contributed by atoms with Gasteiger partial charge in [-0.2, -0.15) is 0 Å². The second kappa shape index (κ2) is 10.8. The summed E-state index contributed by atoms with van der Waals surface area (Å²) in [4.78, 5) is 30.5. The van der Waals surface area contributed by atoms with Gasteiger partial charge in [0.15, 0.2) is 11.5 Å². The molecule has 2 aliphatic heterocycles. The molecule has 0 bridgehead atoms. The SMILES string of the molecule is CCOc1cccc2c1OC[C@@H]1CN(CCOC)C(=O)CCN(C(=O)c3cccc(OC)c3)[C@H]21. The first-order valence-corrected chi connectivity index (χ1v) is 11.7. The van der Waals surface area contributed by atoms with Crippen molar-refractivity contribution in [2.24, 2.45) is 5.92 Å². The molecular weight excluding hydrogens is 436 g/mol. The van der Waals surface area contributed by atoms with E-state index in [9.17, 15) is 9.59 Å². The van der Waals surface area contributed by atoms with Crippen LogP contribution in [0, 0.1) is 5.92 Å². The molecule has 1 saturated heterocycles. The van der Waals surface area contributed by atoms with Crippen molar-refractivity contribution in [1.29, 1.82) is 0 Å². The number of hydrogen-bond acceptors (Lipinski definition) is 6. The highest BCUT2D eigenvalue weighted by atomic mass is 16.5. The third-order valence-electron chi connectivity index (χ3n) is 6.37. The van der Waals surface area contributed by atoms with Gasteiger partial charge in [0.2, 0.25) is 5.91 Å². The van der Waals surface area contributed by atoms with E-state index in [2.05, 4.69) is 0 Å². The molecule has 8 nitrogen and oxygen atoms in total. The molecule has 4 rings (SSSR count). The summed E-state index contributed by atoms with van der Waals surface area (Å²) < 4.78 is 22.5. The maximum atomic E-state index is 13.8. The number of benzene rings is 2. The molecule has 2 heterocycles. The fraction of sp³-hybridized carbons (Fsp3) is 0.462. The summed E-state index contributed by atoms with van der Waals surface area (Å²) >= 11 is 0. The van der Waals surface area contributed by atoms with Gasteiger partial charge in [0.25, 0.3) is 5.91 Å². The zero-order valence-corrected chi connectivity index (χ0v) is 20.0. The van der Waals surface area contributed by atoms with Crippen LogP contribution in [0.1, 0.15) is 35.3 Å². The van der Waals surface area contributed by atoms with Crippen LogP contribution in [-0.4, -0.2) is 75.3 Å². The lowest BCUT2D eigenvalue weighted by atomic mass is 9.87. The Morgan fingerprint density at radius 3 is 2.76 bits per heavy atom. The molecule has 8 heteroatoms. The zero-order valence-electron chi connectivity index (χ0n) is 20.0. The maximum Gasteiger partial charge on any atom is 0.254 e. The Morgan fingerprint density at radius 2 is 2.00 bits per heavy atom. The van der Waals surface area contributed by atoms with E-state index in [-0.39, 0.29) is 30.2 Å². The highest BCUT2D eigenvalue weighted by Gasteiger charge is 2.42. The third kappa shape index (κ3) is 4.82. The quantitative estimate of drug-likeness (QED) is 0.621. The zero-order chi connectivity index (χ0) is 24.1. The number of ether oxygens (including phenoxy) is 4. The van der Waals surface area contributed by atoms with Crippen molar-refractivity contribution < 1.29 is 28.5 Å². The standard InChI is InChI=1S/C26H32N2O6/c1-4-33-22-10-6-9-21-24-19(17-34-25(21)22)16-27(13-14-31-2)23(29)11-12-28(24)26(30)18-7-5-8-20(15-18)32-3/h5-10,15,19,24H,4,11-14,16-17H2,1-3H3/t19-,24-/m0/s1. The minimum absolute atomic E-state index is 0.00723. The van der Waals surface area contributed by atoms with Crippen molar-refractivity contribution in [3.8, 4) is 17.2 Å². The lowest BCUT2D eigenvalue weighted by Crippen LogP contribution is -2.51. The maximum absolute atomic E-state index is 13.8. The van der Waals surface area contributed by atoms with Gasteiger partial charge >= 0.3 is 0 Å². The van der Waals surface area contributed by atoms with Crippen molar-refractivity contribution in [1.82, 2.24) is 9.80 Å². The molecule has 34 heavy (non-hydrogen) atoms. The smallest absolute Gasteiger partial charge is 0.254 e. The van der Waals surface area contributed by atoms with Gasteiger partial charge in [-0.3, -0.25) is 9.59 Å². The number of rotatable bonds is 7. The molecule has 2 atom stereocenters. The van der Waals surface area contributed by atoms with Gasteiger partial charge in [0, 0.05) is 50.2 Å². The minimum atomic E-state index is -0.263. The summed E-state index contributed by atoms with van der Waals surface area (Å²) in [6.07, 6.45) is 0.240.